The van der Waals surface area contributed by atoms with Crippen molar-refractivity contribution in [3.63, 3.8) is 0 Å². The second kappa shape index (κ2) is 64.0. The minimum Gasteiger partial charge on any atom is -0.462 e. The molecule has 1 atom stereocenters. The summed E-state index contributed by atoms with van der Waals surface area (Å²) in [6.45, 7) is 6.29. The van der Waals surface area contributed by atoms with Crippen LogP contribution in [0.5, 0.6) is 0 Å². The van der Waals surface area contributed by atoms with E-state index < -0.39 is 6.10 Å². The minimum absolute atomic E-state index is 0.121. The molecule has 0 N–H and O–H groups in total. The molecule has 0 aliphatic carbocycles. The van der Waals surface area contributed by atoms with Crippen molar-refractivity contribution in [3.05, 3.63) is 182 Å². The molecule has 6 heteroatoms. The number of esters is 3. The van der Waals surface area contributed by atoms with E-state index in [4.69, 9.17) is 14.2 Å². The number of unbranched alkanes of at least 4 members (excludes halogenated alkanes) is 12. The van der Waals surface area contributed by atoms with Crippen LogP contribution < -0.4 is 0 Å². The fourth-order valence-electron chi connectivity index (χ4n) is 7.62. The molecule has 0 aliphatic rings. The first-order valence-electron chi connectivity index (χ1n) is 30.8. The van der Waals surface area contributed by atoms with Crippen molar-refractivity contribution in [2.75, 3.05) is 13.2 Å². The first kappa shape index (κ1) is 72.5. The molecule has 434 valence electrons. The molecular weight excluding hydrogens is 961 g/mol. The second-order valence-corrected chi connectivity index (χ2v) is 19.5. The lowest BCUT2D eigenvalue weighted by atomic mass is 10.1. The molecular formula is C72H110O6. The smallest absolute Gasteiger partial charge is 0.306 e. The van der Waals surface area contributed by atoms with Crippen molar-refractivity contribution < 1.29 is 28.6 Å². The lowest BCUT2D eigenvalue weighted by molar-refractivity contribution is -0.167. The van der Waals surface area contributed by atoms with E-state index >= 15 is 0 Å². The summed E-state index contributed by atoms with van der Waals surface area (Å²) in [5.41, 5.74) is 0. The summed E-state index contributed by atoms with van der Waals surface area (Å²) >= 11 is 0. The molecule has 0 saturated heterocycles. The summed E-state index contributed by atoms with van der Waals surface area (Å²) in [6, 6.07) is 0. The SMILES string of the molecule is CC/C=C\C/C=C\C/C=C\C/C=C\C/C=C\C/C=C\C/C=C\C/C=C\C/C=C\C/C=C\CCCCC(=O)OCC(COC(=O)CCCCCCCCCCCC)OC(=O)CCC/C=C\C/C=C\C/C=C\C/C=C\C/C=C\CC. The lowest BCUT2D eigenvalue weighted by Crippen LogP contribution is -2.30. The maximum absolute atomic E-state index is 12.8. The van der Waals surface area contributed by atoms with Crippen LogP contribution in [0.25, 0.3) is 0 Å². The summed E-state index contributed by atoms with van der Waals surface area (Å²) < 4.78 is 16.7. The van der Waals surface area contributed by atoms with Crippen LogP contribution in [0.3, 0.4) is 0 Å². The van der Waals surface area contributed by atoms with Crippen molar-refractivity contribution in [1.82, 2.24) is 0 Å². The molecule has 0 aromatic carbocycles. The molecule has 0 bridgehead atoms. The Hall–Kier alpha value is -5.49. The van der Waals surface area contributed by atoms with Gasteiger partial charge in [-0.15, -0.1) is 0 Å². The second-order valence-electron chi connectivity index (χ2n) is 19.5. The molecule has 0 amide bonds. The van der Waals surface area contributed by atoms with E-state index in [1.807, 2.05) is 0 Å². The highest BCUT2D eigenvalue weighted by Crippen LogP contribution is 2.13. The summed E-state index contributed by atoms with van der Waals surface area (Å²) in [5, 5.41) is 0. The molecule has 0 fully saturated rings. The average Bonchev–Trinajstić information content (AvgIpc) is 3.44. The molecule has 78 heavy (non-hydrogen) atoms. The standard InChI is InChI=1S/C72H110O6/c1-4-7-10-13-16-19-22-24-26-28-29-30-31-32-33-34-35-36-37-38-39-40-41-42-43-45-46-48-50-53-56-59-62-65-71(74)77-68-69(67-76-70(73)64-61-58-55-52-21-18-15-12-9-6-3)78-72(75)66-63-60-57-54-51-49-47-44-27-25-23-20-17-14-11-8-5-2/h7-8,10-11,16-17,19-20,24-27,29-30,32-33,35-36,38-39,41-42,45-47,49-50,53-54,57,69H,4-6,9,12-15,18,21-23,28,31,34,37,40,43-44,48,51-52,55-56,58-68H2,1-3H3/b10-7-,11-8-,19-16-,20-17-,26-24-,27-25-,30-29-,33-32-,36-35-,39-38-,42-41-,46-45-,49-47-,53-50-,57-54-. The zero-order chi connectivity index (χ0) is 56.4. The number of hydrogen-bond acceptors (Lipinski definition) is 6. The van der Waals surface area contributed by atoms with Gasteiger partial charge in [0.2, 0.25) is 0 Å². The Morgan fingerprint density at radius 2 is 0.513 bits per heavy atom. The summed E-state index contributed by atoms with van der Waals surface area (Å²) in [6.07, 6.45) is 96.2. The Bertz CT molecular complexity index is 1850. The van der Waals surface area contributed by atoms with E-state index in [1.165, 1.54) is 44.9 Å². The topological polar surface area (TPSA) is 78.9 Å². The average molecular weight is 1070 g/mol. The molecule has 0 aromatic rings. The number of carbonyl (C=O) groups excluding carboxylic acids is 3. The van der Waals surface area contributed by atoms with E-state index in [0.717, 1.165) is 135 Å². The number of allylic oxidation sites excluding steroid dienone is 30. The van der Waals surface area contributed by atoms with Crippen LogP contribution in [0.4, 0.5) is 0 Å². The molecule has 0 spiro atoms. The predicted molar refractivity (Wildman–Crippen MR) is 338 cm³/mol. The minimum atomic E-state index is -0.834. The van der Waals surface area contributed by atoms with Gasteiger partial charge < -0.3 is 14.2 Å². The van der Waals surface area contributed by atoms with Gasteiger partial charge >= 0.3 is 17.9 Å². The summed E-state index contributed by atoms with van der Waals surface area (Å²) in [7, 11) is 0. The molecule has 0 rings (SSSR count). The van der Waals surface area contributed by atoms with Crippen LogP contribution in [-0.4, -0.2) is 37.2 Å². The molecule has 0 saturated carbocycles. The third kappa shape index (κ3) is 61.4. The highest BCUT2D eigenvalue weighted by molar-refractivity contribution is 5.71. The van der Waals surface area contributed by atoms with Crippen molar-refractivity contribution in [2.45, 2.75) is 239 Å². The first-order valence-corrected chi connectivity index (χ1v) is 30.8. The van der Waals surface area contributed by atoms with Gasteiger partial charge in [-0.2, -0.15) is 0 Å². The maximum atomic E-state index is 12.8. The molecule has 0 heterocycles. The number of rotatable bonds is 53. The molecule has 0 aliphatic heterocycles. The van der Waals surface area contributed by atoms with Gasteiger partial charge in [-0.3, -0.25) is 14.4 Å². The third-order valence-corrected chi connectivity index (χ3v) is 12.2. The van der Waals surface area contributed by atoms with Gasteiger partial charge in [0.25, 0.3) is 0 Å². The molecule has 6 nitrogen and oxygen atoms in total. The monoisotopic (exact) mass is 1070 g/mol. The Balaban J connectivity index is 4.42. The maximum Gasteiger partial charge on any atom is 0.306 e. The van der Waals surface area contributed by atoms with E-state index in [-0.39, 0.29) is 44.0 Å². The van der Waals surface area contributed by atoms with Gasteiger partial charge in [0, 0.05) is 19.3 Å². The van der Waals surface area contributed by atoms with Crippen LogP contribution in [0.15, 0.2) is 182 Å². The van der Waals surface area contributed by atoms with Crippen LogP contribution in [-0.2, 0) is 28.6 Å². The predicted octanol–water partition coefficient (Wildman–Crippen LogP) is 21.3. The first-order chi connectivity index (χ1) is 38.5. The van der Waals surface area contributed by atoms with Crippen LogP contribution >= 0.6 is 0 Å². The van der Waals surface area contributed by atoms with E-state index in [1.54, 1.807) is 0 Å². The van der Waals surface area contributed by atoms with Crippen molar-refractivity contribution >= 4 is 17.9 Å². The van der Waals surface area contributed by atoms with Crippen LogP contribution in [0.1, 0.15) is 233 Å². The van der Waals surface area contributed by atoms with Crippen molar-refractivity contribution in [3.8, 4) is 0 Å². The molecule has 1 unspecified atom stereocenters. The third-order valence-electron chi connectivity index (χ3n) is 12.2. The Kier molecular flexibility index (Phi) is 59.5. The zero-order valence-electron chi connectivity index (χ0n) is 49.6. The number of hydrogen-bond donors (Lipinski definition) is 0. The fraction of sp³-hybridized carbons (Fsp3) is 0.542. The zero-order valence-corrected chi connectivity index (χ0v) is 49.6. The van der Waals surface area contributed by atoms with Gasteiger partial charge in [-0.1, -0.05) is 261 Å². The Labute approximate surface area is 478 Å². The van der Waals surface area contributed by atoms with E-state index in [9.17, 15) is 14.4 Å². The van der Waals surface area contributed by atoms with Gasteiger partial charge in [0.1, 0.15) is 13.2 Å². The van der Waals surface area contributed by atoms with E-state index in [2.05, 4.69) is 203 Å². The van der Waals surface area contributed by atoms with Crippen molar-refractivity contribution in [1.29, 1.82) is 0 Å². The summed E-state index contributed by atoms with van der Waals surface area (Å²) in [4.78, 5) is 38.1. The molecule has 0 radical (unpaired) electrons. The highest BCUT2D eigenvalue weighted by Gasteiger charge is 2.19. The normalized spacial score (nSPS) is 13.4. The Morgan fingerprint density at radius 1 is 0.269 bits per heavy atom. The Morgan fingerprint density at radius 3 is 0.821 bits per heavy atom. The van der Waals surface area contributed by atoms with E-state index in [0.29, 0.717) is 19.3 Å². The van der Waals surface area contributed by atoms with Crippen LogP contribution in [0.2, 0.25) is 0 Å². The van der Waals surface area contributed by atoms with Gasteiger partial charge in [0.15, 0.2) is 6.10 Å². The largest absolute Gasteiger partial charge is 0.462 e. The van der Waals surface area contributed by atoms with Crippen molar-refractivity contribution in [2.24, 2.45) is 0 Å². The molecule has 0 aromatic heterocycles. The highest BCUT2D eigenvalue weighted by atomic mass is 16.6. The fourth-order valence-corrected chi connectivity index (χ4v) is 7.62. The quantitative estimate of drug-likeness (QED) is 0.0261. The van der Waals surface area contributed by atoms with Gasteiger partial charge in [-0.05, 0) is 135 Å². The summed E-state index contributed by atoms with van der Waals surface area (Å²) in [5.74, 6) is -1.04. The van der Waals surface area contributed by atoms with Gasteiger partial charge in [-0.25, -0.2) is 0 Å². The van der Waals surface area contributed by atoms with Crippen LogP contribution in [0, 0.1) is 0 Å². The number of carbonyl (C=O) groups is 3. The van der Waals surface area contributed by atoms with Gasteiger partial charge in [0.05, 0.1) is 0 Å². The lowest BCUT2D eigenvalue weighted by Gasteiger charge is -2.18. The number of ether oxygens (including phenoxy) is 3.